The molecular weight excluding hydrogens is 414 g/mol. The Morgan fingerprint density at radius 1 is 1.21 bits per heavy atom. The number of halogens is 1. The van der Waals surface area contributed by atoms with Gasteiger partial charge in [0.1, 0.15) is 10.8 Å². The number of rotatable bonds is 6. The Morgan fingerprint density at radius 2 is 2.11 bits per heavy atom. The maximum atomic E-state index is 12.4. The van der Waals surface area contributed by atoms with Crippen LogP contribution in [0.25, 0.3) is 20.8 Å². The van der Waals surface area contributed by atoms with Crippen molar-refractivity contribution in [3.63, 3.8) is 0 Å². The highest BCUT2D eigenvalue weighted by atomic mass is 35.5. The van der Waals surface area contributed by atoms with E-state index in [9.17, 15) is 4.79 Å². The van der Waals surface area contributed by atoms with Crippen molar-refractivity contribution < 1.29 is 9.53 Å². The number of carbonyl (C=O) groups excluding carboxylic acids is 1. The molecule has 28 heavy (non-hydrogen) atoms. The smallest absolute Gasteiger partial charge is 0.232 e. The topological polar surface area (TPSA) is 64.1 Å². The van der Waals surface area contributed by atoms with Crippen molar-refractivity contribution >= 4 is 55.5 Å². The summed E-state index contributed by atoms with van der Waals surface area (Å²) in [6.07, 6.45) is 0.192. The van der Waals surface area contributed by atoms with Gasteiger partial charge in [-0.25, -0.2) is 9.97 Å². The summed E-state index contributed by atoms with van der Waals surface area (Å²) >= 11 is 8.95. The third-order valence-electron chi connectivity index (χ3n) is 3.88. The number of fused-ring (bicyclic) bond motifs is 1. The molecule has 2 heterocycles. The van der Waals surface area contributed by atoms with Crippen LogP contribution in [0.1, 0.15) is 12.6 Å². The lowest BCUT2D eigenvalue weighted by molar-refractivity contribution is -0.115. The van der Waals surface area contributed by atoms with Gasteiger partial charge in [-0.1, -0.05) is 35.1 Å². The Kier molecular flexibility index (Phi) is 5.57. The average Bonchev–Trinajstić information content (AvgIpc) is 3.28. The van der Waals surface area contributed by atoms with E-state index in [2.05, 4.69) is 15.3 Å². The number of benzene rings is 2. The third-order valence-corrected chi connectivity index (χ3v) is 5.99. The lowest BCUT2D eigenvalue weighted by Crippen LogP contribution is -2.14. The standard InChI is InChI=1S/C20H16ClN3O2S2/c1-2-26-15-6-7-16-17(10-15)28-20(23-16)24-18(25)9-14-11-27-19(22-14)12-4-3-5-13(21)8-12/h3-8,10-11H,2,9H2,1H3,(H,23,24,25). The molecule has 0 saturated heterocycles. The summed E-state index contributed by atoms with van der Waals surface area (Å²) in [4.78, 5) is 21.4. The Hall–Kier alpha value is -2.48. The monoisotopic (exact) mass is 429 g/mol. The van der Waals surface area contributed by atoms with Crippen molar-refractivity contribution in [3.05, 3.63) is 58.6 Å². The third kappa shape index (κ3) is 4.32. The Labute approximate surface area is 175 Å². The number of carbonyl (C=O) groups is 1. The van der Waals surface area contributed by atoms with Crippen LogP contribution in [0.5, 0.6) is 5.75 Å². The molecular formula is C20H16ClN3O2S2. The minimum absolute atomic E-state index is 0.146. The van der Waals surface area contributed by atoms with Gasteiger partial charge in [-0.2, -0.15) is 0 Å². The molecule has 0 unspecified atom stereocenters. The zero-order valence-electron chi connectivity index (χ0n) is 14.9. The summed E-state index contributed by atoms with van der Waals surface area (Å²) < 4.78 is 6.48. The highest BCUT2D eigenvalue weighted by Crippen LogP contribution is 2.30. The van der Waals surface area contributed by atoms with E-state index >= 15 is 0 Å². The minimum atomic E-state index is -0.146. The molecule has 2 aromatic heterocycles. The van der Waals surface area contributed by atoms with Crippen molar-refractivity contribution in [2.45, 2.75) is 13.3 Å². The minimum Gasteiger partial charge on any atom is -0.494 e. The highest BCUT2D eigenvalue weighted by Gasteiger charge is 2.12. The molecule has 0 bridgehead atoms. The zero-order valence-corrected chi connectivity index (χ0v) is 17.3. The van der Waals surface area contributed by atoms with Crippen LogP contribution in [0.15, 0.2) is 47.8 Å². The van der Waals surface area contributed by atoms with Gasteiger partial charge < -0.3 is 10.1 Å². The number of hydrogen-bond donors (Lipinski definition) is 1. The summed E-state index contributed by atoms with van der Waals surface area (Å²) in [5.41, 5.74) is 2.50. The molecule has 0 atom stereocenters. The molecule has 0 fully saturated rings. The van der Waals surface area contributed by atoms with Crippen molar-refractivity contribution in [3.8, 4) is 16.3 Å². The molecule has 142 valence electrons. The van der Waals surface area contributed by atoms with Crippen molar-refractivity contribution in [1.29, 1.82) is 0 Å². The van der Waals surface area contributed by atoms with E-state index in [4.69, 9.17) is 16.3 Å². The van der Waals surface area contributed by atoms with Crippen LogP contribution in [0, 0.1) is 0 Å². The van der Waals surface area contributed by atoms with Crippen LogP contribution in [-0.2, 0) is 11.2 Å². The summed E-state index contributed by atoms with van der Waals surface area (Å²) in [7, 11) is 0. The number of anilines is 1. The van der Waals surface area contributed by atoms with Gasteiger partial charge in [0, 0.05) is 16.0 Å². The van der Waals surface area contributed by atoms with Crippen molar-refractivity contribution in [2.24, 2.45) is 0 Å². The second kappa shape index (κ2) is 8.26. The number of hydrogen-bond acceptors (Lipinski definition) is 6. The molecule has 0 aliphatic rings. The fraction of sp³-hybridized carbons (Fsp3) is 0.150. The molecule has 0 saturated carbocycles. The highest BCUT2D eigenvalue weighted by molar-refractivity contribution is 7.22. The maximum Gasteiger partial charge on any atom is 0.232 e. The first-order chi connectivity index (χ1) is 13.6. The number of thiazole rings is 2. The summed E-state index contributed by atoms with van der Waals surface area (Å²) in [6.45, 7) is 2.55. The van der Waals surface area contributed by atoms with Crippen LogP contribution < -0.4 is 10.1 Å². The van der Waals surface area contributed by atoms with Crippen LogP contribution >= 0.6 is 34.3 Å². The van der Waals surface area contributed by atoms with E-state index in [0.29, 0.717) is 16.8 Å². The molecule has 0 radical (unpaired) electrons. The van der Waals surface area contributed by atoms with Gasteiger partial charge in [-0.3, -0.25) is 4.79 Å². The van der Waals surface area contributed by atoms with E-state index in [0.717, 1.165) is 32.2 Å². The quantitative estimate of drug-likeness (QED) is 0.430. The van der Waals surface area contributed by atoms with E-state index in [1.807, 2.05) is 54.8 Å². The fourth-order valence-corrected chi connectivity index (χ4v) is 4.60. The first kappa shape index (κ1) is 18.9. The molecule has 1 amide bonds. The molecule has 1 N–H and O–H groups in total. The summed E-state index contributed by atoms with van der Waals surface area (Å²) in [5, 5.41) is 6.82. The van der Waals surface area contributed by atoms with E-state index in [1.165, 1.54) is 22.7 Å². The van der Waals surface area contributed by atoms with Gasteiger partial charge in [0.2, 0.25) is 5.91 Å². The van der Waals surface area contributed by atoms with Gasteiger partial charge in [0.05, 0.1) is 28.9 Å². The summed E-state index contributed by atoms with van der Waals surface area (Å²) in [6, 6.07) is 13.2. The van der Waals surface area contributed by atoms with Gasteiger partial charge in [0.15, 0.2) is 5.13 Å². The molecule has 0 aliphatic heterocycles. The lowest BCUT2D eigenvalue weighted by Gasteiger charge is -2.00. The Bertz CT molecular complexity index is 1140. The second-order valence-corrected chi connectivity index (χ2v) is 8.29. The number of ether oxygens (including phenoxy) is 1. The van der Waals surface area contributed by atoms with E-state index < -0.39 is 0 Å². The van der Waals surface area contributed by atoms with Crippen LogP contribution in [0.2, 0.25) is 5.02 Å². The number of nitrogens with zero attached hydrogens (tertiary/aromatic N) is 2. The van der Waals surface area contributed by atoms with Gasteiger partial charge in [-0.15, -0.1) is 11.3 Å². The van der Waals surface area contributed by atoms with Gasteiger partial charge in [-0.05, 0) is 37.3 Å². The maximum absolute atomic E-state index is 12.4. The Balaban J connectivity index is 1.44. The van der Waals surface area contributed by atoms with Crippen LogP contribution in [-0.4, -0.2) is 22.5 Å². The van der Waals surface area contributed by atoms with Crippen LogP contribution in [0.3, 0.4) is 0 Å². The molecule has 8 heteroatoms. The molecule has 4 rings (SSSR count). The number of aromatic nitrogens is 2. The fourth-order valence-electron chi connectivity index (χ4n) is 2.69. The predicted molar refractivity (Wildman–Crippen MR) is 116 cm³/mol. The normalized spacial score (nSPS) is 10.9. The number of nitrogens with one attached hydrogen (secondary N) is 1. The van der Waals surface area contributed by atoms with Crippen molar-refractivity contribution in [2.75, 3.05) is 11.9 Å². The SMILES string of the molecule is CCOc1ccc2nc(NC(=O)Cc3csc(-c4cccc(Cl)c4)n3)sc2c1. The molecule has 0 aliphatic carbocycles. The first-order valence-electron chi connectivity index (χ1n) is 8.64. The van der Waals surface area contributed by atoms with E-state index in [1.54, 1.807) is 0 Å². The van der Waals surface area contributed by atoms with Crippen LogP contribution in [0.4, 0.5) is 5.13 Å². The zero-order chi connectivity index (χ0) is 19.5. The van der Waals surface area contributed by atoms with Crippen molar-refractivity contribution in [1.82, 2.24) is 9.97 Å². The molecule has 5 nitrogen and oxygen atoms in total. The summed E-state index contributed by atoms with van der Waals surface area (Å²) in [5.74, 6) is 0.652. The second-order valence-electron chi connectivity index (χ2n) is 5.96. The average molecular weight is 430 g/mol. The largest absolute Gasteiger partial charge is 0.494 e. The molecule has 2 aromatic carbocycles. The van der Waals surface area contributed by atoms with Gasteiger partial charge >= 0.3 is 0 Å². The van der Waals surface area contributed by atoms with Gasteiger partial charge in [0.25, 0.3) is 0 Å². The van der Waals surface area contributed by atoms with E-state index in [-0.39, 0.29) is 12.3 Å². The first-order valence-corrected chi connectivity index (χ1v) is 10.7. The lowest BCUT2D eigenvalue weighted by atomic mass is 10.2. The predicted octanol–water partition coefficient (Wildman–Crippen LogP) is 5.65. The molecule has 4 aromatic rings. The molecule has 0 spiro atoms. The Morgan fingerprint density at radius 3 is 2.93 bits per heavy atom. The number of amides is 1.